The average Bonchev–Trinajstić information content (AvgIpc) is 2.66. The number of amides is 1. The first kappa shape index (κ1) is 24.3. The van der Waals surface area contributed by atoms with Gasteiger partial charge in [-0.05, 0) is 50.1 Å². The van der Waals surface area contributed by atoms with Crippen LogP contribution in [0.5, 0.6) is 11.5 Å². The Balaban J connectivity index is 2.15. The molecule has 0 bridgehead atoms. The van der Waals surface area contributed by atoms with Crippen LogP contribution in [0.1, 0.15) is 29.8 Å². The molecule has 30 heavy (non-hydrogen) atoms. The van der Waals surface area contributed by atoms with E-state index in [4.69, 9.17) is 32.7 Å². The molecule has 0 atom stereocenters. The number of benzene rings is 2. The number of halogens is 2. The van der Waals surface area contributed by atoms with Gasteiger partial charge in [-0.1, -0.05) is 29.3 Å². The van der Waals surface area contributed by atoms with Gasteiger partial charge in [-0.25, -0.2) is 13.1 Å². The summed E-state index contributed by atoms with van der Waals surface area (Å²) in [7, 11) is -0.785. The van der Waals surface area contributed by atoms with Gasteiger partial charge in [0.15, 0.2) is 11.5 Å². The van der Waals surface area contributed by atoms with Crippen molar-refractivity contribution in [2.75, 3.05) is 20.8 Å². The maximum absolute atomic E-state index is 12.6. The first-order chi connectivity index (χ1) is 14.1. The summed E-state index contributed by atoms with van der Waals surface area (Å²) in [5.41, 5.74) is 0.956. The Morgan fingerprint density at radius 1 is 1.03 bits per heavy atom. The monoisotopic (exact) mass is 474 g/mol. The van der Waals surface area contributed by atoms with Gasteiger partial charge in [0.2, 0.25) is 10.0 Å². The lowest BCUT2D eigenvalue weighted by Gasteiger charge is -2.14. The zero-order chi connectivity index (χ0) is 22.5. The van der Waals surface area contributed by atoms with Crippen LogP contribution < -0.4 is 19.5 Å². The fourth-order valence-corrected chi connectivity index (χ4v) is 4.84. The summed E-state index contributed by atoms with van der Waals surface area (Å²) in [5.74, 6) is 0.703. The Labute approximate surface area is 186 Å². The van der Waals surface area contributed by atoms with Crippen molar-refractivity contribution < 1.29 is 22.7 Å². The van der Waals surface area contributed by atoms with Gasteiger partial charge in [-0.3, -0.25) is 4.79 Å². The molecular formula is C20H24Cl2N2O5S. The summed E-state index contributed by atoms with van der Waals surface area (Å²) in [5, 5.41) is 2.74. The van der Waals surface area contributed by atoms with Crippen molar-refractivity contribution in [3.05, 3.63) is 51.5 Å². The molecule has 0 saturated heterocycles. The number of hydrogen-bond donors (Lipinski definition) is 2. The molecule has 0 heterocycles. The Morgan fingerprint density at radius 2 is 1.70 bits per heavy atom. The summed E-state index contributed by atoms with van der Waals surface area (Å²) in [4.78, 5) is 12.4. The quantitative estimate of drug-likeness (QED) is 0.577. The van der Waals surface area contributed by atoms with Crippen molar-refractivity contribution >= 4 is 39.1 Å². The molecule has 0 aliphatic heterocycles. The molecule has 0 unspecified atom stereocenters. The van der Waals surface area contributed by atoms with Crippen molar-refractivity contribution in [2.24, 2.45) is 0 Å². The summed E-state index contributed by atoms with van der Waals surface area (Å²) in [6, 6.07) is 7.57. The predicted octanol–water partition coefficient (Wildman–Crippen LogP) is 3.67. The second kappa shape index (κ2) is 10.3. The third kappa shape index (κ3) is 6.01. The molecule has 0 radical (unpaired) electrons. The van der Waals surface area contributed by atoms with Crippen LogP contribution in [-0.4, -0.2) is 41.1 Å². The fourth-order valence-electron chi connectivity index (χ4n) is 2.73. The Kier molecular flexibility index (Phi) is 8.37. The van der Waals surface area contributed by atoms with E-state index in [0.717, 1.165) is 5.56 Å². The van der Waals surface area contributed by atoms with Gasteiger partial charge in [-0.15, -0.1) is 0 Å². The first-order valence-corrected chi connectivity index (χ1v) is 11.3. The van der Waals surface area contributed by atoms with Gasteiger partial charge in [0, 0.05) is 12.6 Å². The minimum absolute atomic E-state index is 0.0255. The molecule has 2 aromatic rings. The molecule has 0 saturated carbocycles. The van der Waals surface area contributed by atoms with Crippen LogP contribution in [0, 0.1) is 0 Å². The van der Waals surface area contributed by atoms with E-state index in [0.29, 0.717) is 24.5 Å². The molecule has 0 aliphatic rings. The van der Waals surface area contributed by atoms with E-state index in [9.17, 15) is 13.2 Å². The van der Waals surface area contributed by atoms with Gasteiger partial charge in [0.25, 0.3) is 5.91 Å². The van der Waals surface area contributed by atoms with E-state index in [1.54, 1.807) is 34.1 Å². The van der Waals surface area contributed by atoms with Gasteiger partial charge < -0.3 is 14.8 Å². The highest BCUT2D eigenvalue weighted by Crippen LogP contribution is 2.29. The van der Waals surface area contributed by atoms with Crippen LogP contribution in [0.15, 0.2) is 35.2 Å². The number of hydrogen-bond acceptors (Lipinski definition) is 5. The Hall–Kier alpha value is -2.00. The van der Waals surface area contributed by atoms with Crippen molar-refractivity contribution in [3.63, 3.8) is 0 Å². The molecule has 7 nitrogen and oxygen atoms in total. The van der Waals surface area contributed by atoms with E-state index >= 15 is 0 Å². The van der Waals surface area contributed by atoms with Crippen molar-refractivity contribution in [3.8, 4) is 11.5 Å². The minimum Gasteiger partial charge on any atom is -0.493 e. The minimum atomic E-state index is -3.89. The summed E-state index contributed by atoms with van der Waals surface area (Å²) in [6.07, 6.45) is 0.525. The van der Waals surface area contributed by atoms with E-state index in [1.807, 2.05) is 12.1 Å². The van der Waals surface area contributed by atoms with Crippen LogP contribution in [0.25, 0.3) is 0 Å². The molecule has 2 N–H and O–H groups in total. The summed E-state index contributed by atoms with van der Waals surface area (Å²) >= 11 is 12.2. The fraction of sp³-hybridized carbons (Fsp3) is 0.350. The lowest BCUT2D eigenvalue weighted by atomic mass is 10.1. The maximum Gasteiger partial charge on any atom is 0.252 e. The zero-order valence-corrected chi connectivity index (χ0v) is 19.4. The van der Waals surface area contributed by atoms with Crippen molar-refractivity contribution in [1.29, 1.82) is 0 Å². The summed E-state index contributed by atoms with van der Waals surface area (Å²) in [6.45, 7) is 3.67. The topological polar surface area (TPSA) is 93.7 Å². The van der Waals surface area contributed by atoms with Crippen molar-refractivity contribution in [2.45, 2.75) is 31.2 Å². The van der Waals surface area contributed by atoms with E-state index in [2.05, 4.69) is 10.0 Å². The number of carbonyl (C=O) groups excluding carboxylic acids is 1. The molecule has 0 aromatic heterocycles. The molecule has 10 heteroatoms. The number of ether oxygens (including phenoxy) is 2. The second-order valence-electron chi connectivity index (χ2n) is 6.73. The van der Waals surface area contributed by atoms with Crippen LogP contribution >= 0.6 is 23.2 Å². The van der Waals surface area contributed by atoms with Crippen LogP contribution in [0.4, 0.5) is 0 Å². The predicted molar refractivity (Wildman–Crippen MR) is 118 cm³/mol. The highest BCUT2D eigenvalue weighted by atomic mass is 35.5. The zero-order valence-electron chi connectivity index (χ0n) is 17.1. The second-order valence-corrected chi connectivity index (χ2v) is 9.23. The molecule has 164 valence electrons. The van der Waals surface area contributed by atoms with Gasteiger partial charge >= 0.3 is 0 Å². The van der Waals surface area contributed by atoms with E-state index in [-0.39, 0.29) is 26.5 Å². The number of nitrogens with one attached hydrogen (secondary N) is 2. The molecule has 2 rings (SSSR count). The Morgan fingerprint density at radius 3 is 2.30 bits per heavy atom. The highest BCUT2D eigenvalue weighted by molar-refractivity contribution is 7.89. The van der Waals surface area contributed by atoms with Gasteiger partial charge in [0.05, 0.1) is 29.8 Å². The average molecular weight is 475 g/mol. The third-order valence-corrected chi connectivity index (χ3v) is 6.53. The SMILES string of the molecule is COc1ccc(CCNC(=O)c2cc(S(=O)(=O)NC(C)C)c(Cl)cc2Cl)cc1OC. The van der Waals surface area contributed by atoms with Crippen LogP contribution in [0.2, 0.25) is 10.0 Å². The number of methoxy groups -OCH3 is 2. The lowest BCUT2D eigenvalue weighted by Crippen LogP contribution is -2.31. The molecule has 2 aromatic carbocycles. The first-order valence-electron chi connectivity index (χ1n) is 9.09. The largest absolute Gasteiger partial charge is 0.493 e. The standard InChI is InChI=1S/C20H24Cl2N2O5S/c1-12(2)24-30(26,27)19-10-14(15(21)11-16(19)22)20(25)23-8-7-13-5-6-17(28-3)18(9-13)29-4/h5-6,9-12,24H,7-8H2,1-4H3,(H,23,25). The third-order valence-electron chi connectivity index (χ3n) is 4.09. The van der Waals surface area contributed by atoms with Gasteiger partial charge in [-0.2, -0.15) is 0 Å². The van der Waals surface area contributed by atoms with Crippen molar-refractivity contribution in [1.82, 2.24) is 10.0 Å². The number of sulfonamides is 1. The highest BCUT2D eigenvalue weighted by Gasteiger charge is 2.23. The molecule has 0 fully saturated rings. The van der Waals surface area contributed by atoms with E-state index < -0.39 is 15.9 Å². The molecule has 1 amide bonds. The van der Waals surface area contributed by atoms with Gasteiger partial charge in [0.1, 0.15) is 4.90 Å². The number of rotatable bonds is 9. The lowest BCUT2D eigenvalue weighted by molar-refractivity contribution is 0.0954. The Bertz CT molecular complexity index is 1030. The normalized spacial score (nSPS) is 11.4. The maximum atomic E-state index is 12.6. The van der Waals surface area contributed by atoms with Crippen LogP contribution in [0.3, 0.4) is 0 Å². The number of carbonyl (C=O) groups is 1. The summed E-state index contributed by atoms with van der Waals surface area (Å²) < 4.78 is 37.8. The molecule has 0 spiro atoms. The van der Waals surface area contributed by atoms with Crippen LogP contribution in [-0.2, 0) is 16.4 Å². The molecule has 0 aliphatic carbocycles. The smallest absolute Gasteiger partial charge is 0.252 e. The van der Waals surface area contributed by atoms with E-state index in [1.165, 1.54) is 12.1 Å². The molecular weight excluding hydrogens is 451 g/mol.